The lowest BCUT2D eigenvalue weighted by Crippen LogP contribution is -2.37. The molecular formula is C22H24N2O3S. The average Bonchev–Trinajstić information content (AvgIpc) is 3.35. The van der Waals surface area contributed by atoms with E-state index >= 15 is 0 Å². The van der Waals surface area contributed by atoms with Crippen LogP contribution in [0.15, 0.2) is 48.5 Å². The number of anilines is 1. The Kier molecular flexibility index (Phi) is 5.59. The van der Waals surface area contributed by atoms with Gasteiger partial charge in [-0.1, -0.05) is 23.5 Å². The van der Waals surface area contributed by atoms with E-state index in [2.05, 4.69) is 0 Å². The summed E-state index contributed by atoms with van der Waals surface area (Å²) < 4.78 is 12.5. The van der Waals surface area contributed by atoms with Crippen LogP contribution in [-0.2, 0) is 4.74 Å². The van der Waals surface area contributed by atoms with Crippen molar-refractivity contribution >= 4 is 32.6 Å². The second-order valence-corrected chi connectivity index (χ2v) is 8.22. The van der Waals surface area contributed by atoms with Crippen LogP contribution in [0, 0.1) is 0 Å². The molecule has 0 spiro atoms. The number of carbonyl (C=O) groups is 1. The van der Waals surface area contributed by atoms with Crippen LogP contribution in [0.4, 0.5) is 5.13 Å². The molecule has 0 saturated carbocycles. The summed E-state index contributed by atoms with van der Waals surface area (Å²) >= 11 is 1.54. The largest absolute Gasteiger partial charge is 0.491 e. The van der Waals surface area contributed by atoms with Crippen LogP contribution in [0.3, 0.4) is 0 Å². The molecule has 5 nitrogen and oxygen atoms in total. The zero-order chi connectivity index (χ0) is 19.5. The van der Waals surface area contributed by atoms with E-state index in [0.717, 1.165) is 35.4 Å². The van der Waals surface area contributed by atoms with E-state index in [-0.39, 0.29) is 18.1 Å². The highest BCUT2D eigenvalue weighted by Gasteiger charge is 2.27. The predicted molar refractivity (Wildman–Crippen MR) is 112 cm³/mol. The van der Waals surface area contributed by atoms with Crippen LogP contribution in [0.2, 0.25) is 0 Å². The first-order chi connectivity index (χ1) is 13.6. The van der Waals surface area contributed by atoms with Crippen molar-refractivity contribution in [1.82, 2.24) is 4.98 Å². The topological polar surface area (TPSA) is 51.7 Å². The third kappa shape index (κ3) is 4.18. The molecule has 1 saturated heterocycles. The van der Waals surface area contributed by atoms with Gasteiger partial charge in [0.25, 0.3) is 5.91 Å². The molecule has 0 bridgehead atoms. The molecule has 4 rings (SSSR count). The number of thiazole rings is 1. The molecule has 1 aliphatic heterocycles. The highest BCUT2D eigenvalue weighted by Crippen LogP contribution is 2.31. The summed E-state index contributed by atoms with van der Waals surface area (Å²) in [5, 5.41) is 0.712. The summed E-state index contributed by atoms with van der Waals surface area (Å²) in [7, 11) is 0. The van der Waals surface area contributed by atoms with E-state index in [1.165, 1.54) is 11.3 Å². The summed E-state index contributed by atoms with van der Waals surface area (Å²) in [6.07, 6.45) is 2.16. The number of fused-ring (bicyclic) bond motifs is 1. The highest BCUT2D eigenvalue weighted by molar-refractivity contribution is 7.22. The predicted octanol–water partition coefficient (Wildman–Crippen LogP) is 4.91. The molecule has 1 amide bonds. The van der Waals surface area contributed by atoms with Crippen molar-refractivity contribution in [3.8, 4) is 5.75 Å². The average molecular weight is 397 g/mol. The Morgan fingerprint density at radius 2 is 2.04 bits per heavy atom. The van der Waals surface area contributed by atoms with Crippen molar-refractivity contribution < 1.29 is 14.3 Å². The number of ether oxygens (including phenoxy) is 2. The van der Waals surface area contributed by atoms with E-state index in [4.69, 9.17) is 14.5 Å². The van der Waals surface area contributed by atoms with Gasteiger partial charge in [-0.15, -0.1) is 0 Å². The molecule has 2 heterocycles. The van der Waals surface area contributed by atoms with Gasteiger partial charge in [0.1, 0.15) is 5.75 Å². The number of rotatable bonds is 6. The Balaban J connectivity index is 1.62. The van der Waals surface area contributed by atoms with Crippen LogP contribution in [0.5, 0.6) is 5.75 Å². The zero-order valence-electron chi connectivity index (χ0n) is 16.1. The van der Waals surface area contributed by atoms with Crippen LogP contribution >= 0.6 is 11.3 Å². The van der Waals surface area contributed by atoms with Gasteiger partial charge in [0.05, 0.1) is 29.0 Å². The number of aromatic nitrogens is 1. The molecule has 0 N–H and O–H groups in total. The van der Waals surface area contributed by atoms with Crippen molar-refractivity contribution in [2.45, 2.75) is 38.9 Å². The summed E-state index contributed by atoms with van der Waals surface area (Å²) in [6.45, 7) is 5.24. The molecule has 146 valence electrons. The summed E-state index contributed by atoms with van der Waals surface area (Å²) in [5.74, 6) is 0.697. The summed E-state index contributed by atoms with van der Waals surface area (Å²) in [6, 6.07) is 15.3. The van der Waals surface area contributed by atoms with Gasteiger partial charge < -0.3 is 9.47 Å². The minimum atomic E-state index is -0.0642. The standard InChI is InChI=1S/C22H24N2O3S/c1-15(2)27-17-11-9-16(10-12-17)21(25)24(14-18-6-5-13-26-18)22-23-19-7-3-4-8-20(19)28-22/h3-4,7-12,15,18H,5-6,13-14H2,1-2H3. The molecule has 1 atom stereocenters. The number of hydrogen-bond donors (Lipinski definition) is 0. The molecule has 0 radical (unpaired) electrons. The molecule has 1 aliphatic rings. The van der Waals surface area contributed by atoms with Gasteiger partial charge in [0.2, 0.25) is 0 Å². The highest BCUT2D eigenvalue weighted by atomic mass is 32.1. The van der Waals surface area contributed by atoms with Gasteiger partial charge in [-0.3, -0.25) is 9.69 Å². The number of hydrogen-bond acceptors (Lipinski definition) is 5. The van der Waals surface area contributed by atoms with Crippen molar-refractivity contribution in [2.24, 2.45) is 0 Å². The number of amides is 1. The molecule has 1 unspecified atom stereocenters. The van der Waals surface area contributed by atoms with Gasteiger partial charge in [-0.25, -0.2) is 4.98 Å². The van der Waals surface area contributed by atoms with E-state index < -0.39 is 0 Å². The lowest BCUT2D eigenvalue weighted by molar-refractivity contribution is 0.0917. The van der Waals surface area contributed by atoms with Crippen LogP contribution in [0.1, 0.15) is 37.0 Å². The lowest BCUT2D eigenvalue weighted by Gasteiger charge is -2.23. The van der Waals surface area contributed by atoms with E-state index in [1.54, 1.807) is 4.90 Å². The quantitative estimate of drug-likeness (QED) is 0.594. The number of para-hydroxylation sites is 1. The van der Waals surface area contributed by atoms with Crippen molar-refractivity contribution in [3.05, 3.63) is 54.1 Å². The summed E-state index contributed by atoms with van der Waals surface area (Å²) in [4.78, 5) is 19.8. The fraction of sp³-hybridized carbons (Fsp3) is 0.364. The molecule has 3 aromatic rings. The zero-order valence-corrected chi connectivity index (χ0v) is 16.9. The lowest BCUT2D eigenvalue weighted by atomic mass is 10.1. The van der Waals surface area contributed by atoms with Crippen LogP contribution in [0.25, 0.3) is 10.2 Å². The maximum absolute atomic E-state index is 13.3. The Bertz CT molecular complexity index is 913. The molecule has 1 aromatic heterocycles. The Morgan fingerprint density at radius 3 is 2.71 bits per heavy atom. The smallest absolute Gasteiger partial charge is 0.260 e. The Hall–Kier alpha value is -2.44. The van der Waals surface area contributed by atoms with Crippen molar-refractivity contribution in [2.75, 3.05) is 18.1 Å². The van der Waals surface area contributed by atoms with Crippen LogP contribution < -0.4 is 9.64 Å². The summed E-state index contributed by atoms with van der Waals surface area (Å²) in [5.41, 5.74) is 1.53. The van der Waals surface area contributed by atoms with Gasteiger partial charge in [0, 0.05) is 12.2 Å². The monoisotopic (exact) mass is 396 g/mol. The normalized spacial score (nSPS) is 16.6. The molecule has 2 aromatic carbocycles. The molecule has 0 aliphatic carbocycles. The van der Waals surface area contributed by atoms with Gasteiger partial charge >= 0.3 is 0 Å². The second-order valence-electron chi connectivity index (χ2n) is 7.21. The molecule has 28 heavy (non-hydrogen) atoms. The second kappa shape index (κ2) is 8.29. The first kappa shape index (κ1) is 18.9. The first-order valence-electron chi connectivity index (χ1n) is 9.66. The van der Waals surface area contributed by atoms with Crippen molar-refractivity contribution in [3.63, 3.8) is 0 Å². The third-order valence-electron chi connectivity index (χ3n) is 4.64. The Labute approximate surface area is 168 Å². The molecular weight excluding hydrogens is 372 g/mol. The van der Waals surface area contributed by atoms with Gasteiger partial charge in [-0.05, 0) is 63.1 Å². The van der Waals surface area contributed by atoms with Gasteiger partial charge in [-0.2, -0.15) is 0 Å². The minimum Gasteiger partial charge on any atom is -0.491 e. The number of nitrogens with zero attached hydrogens (tertiary/aromatic N) is 2. The SMILES string of the molecule is CC(C)Oc1ccc(C(=O)N(CC2CCCO2)c2nc3ccccc3s2)cc1. The van der Waals surface area contributed by atoms with E-state index in [9.17, 15) is 4.79 Å². The number of benzene rings is 2. The third-order valence-corrected chi connectivity index (χ3v) is 5.70. The molecule has 6 heteroatoms. The molecule has 1 fully saturated rings. The minimum absolute atomic E-state index is 0.0551. The maximum Gasteiger partial charge on any atom is 0.260 e. The van der Waals surface area contributed by atoms with E-state index in [1.807, 2.05) is 62.4 Å². The van der Waals surface area contributed by atoms with Gasteiger partial charge in [0.15, 0.2) is 5.13 Å². The van der Waals surface area contributed by atoms with E-state index in [0.29, 0.717) is 17.2 Å². The Morgan fingerprint density at radius 1 is 1.25 bits per heavy atom. The fourth-order valence-electron chi connectivity index (χ4n) is 3.32. The maximum atomic E-state index is 13.3. The first-order valence-corrected chi connectivity index (χ1v) is 10.5. The van der Waals surface area contributed by atoms with Crippen molar-refractivity contribution in [1.29, 1.82) is 0 Å². The number of carbonyl (C=O) groups excluding carboxylic acids is 1. The fourth-order valence-corrected chi connectivity index (χ4v) is 4.29. The van der Waals surface area contributed by atoms with Crippen LogP contribution in [-0.4, -0.2) is 36.3 Å².